The second kappa shape index (κ2) is 15.9. The second-order valence-electron chi connectivity index (χ2n) is 11.4. The molecule has 4 aromatic rings. The molecule has 8 nitrogen and oxygen atoms in total. The number of nitrogens with one attached hydrogen (secondary N) is 3. The summed E-state index contributed by atoms with van der Waals surface area (Å²) in [6, 6.07) is 31.9. The minimum Gasteiger partial charge on any atom is -0.392 e. The highest BCUT2D eigenvalue weighted by atomic mass is 32.2. The third kappa shape index (κ3) is 8.76. The minimum absolute atomic E-state index is 0.0108. The van der Waals surface area contributed by atoms with Crippen LogP contribution in [0, 0.1) is 5.92 Å². The Labute approximate surface area is 274 Å². The smallest absolute Gasteiger partial charge is 0.315 e. The van der Waals surface area contributed by atoms with Crippen LogP contribution in [0.4, 0.5) is 10.5 Å². The van der Waals surface area contributed by atoms with Gasteiger partial charge in [-0.05, 0) is 71.1 Å². The van der Waals surface area contributed by atoms with Crippen molar-refractivity contribution in [1.82, 2.24) is 10.6 Å². The molecule has 1 heterocycles. The Morgan fingerprint density at radius 2 is 1.54 bits per heavy atom. The summed E-state index contributed by atoms with van der Waals surface area (Å²) in [7, 11) is 0. The van der Waals surface area contributed by atoms with Crippen LogP contribution in [0.5, 0.6) is 0 Å². The lowest BCUT2D eigenvalue weighted by molar-refractivity contribution is -0.268. The van der Waals surface area contributed by atoms with Gasteiger partial charge in [0.05, 0.1) is 18.8 Å². The molecule has 4 unspecified atom stereocenters. The van der Waals surface area contributed by atoms with Crippen LogP contribution < -0.4 is 16.0 Å². The van der Waals surface area contributed by atoms with E-state index >= 15 is 0 Å². The molecule has 4 aromatic carbocycles. The number of hydrogen-bond donors (Lipinski definition) is 4. The summed E-state index contributed by atoms with van der Waals surface area (Å²) in [6.07, 6.45) is -0.922. The van der Waals surface area contributed by atoms with Crippen LogP contribution in [0.2, 0.25) is 0 Å². The van der Waals surface area contributed by atoms with E-state index in [0.29, 0.717) is 18.8 Å². The molecule has 3 amide bonds. The van der Waals surface area contributed by atoms with E-state index in [1.54, 1.807) is 11.8 Å². The number of thioether (sulfide) groups is 1. The topological polar surface area (TPSA) is 109 Å². The predicted octanol–water partition coefficient (Wildman–Crippen LogP) is 7.21. The van der Waals surface area contributed by atoms with Crippen LogP contribution in [0.1, 0.15) is 55.4 Å². The number of ether oxygens (including phenoxy) is 2. The predicted molar refractivity (Wildman–Crippen MR) is 182 cm³/mol. The lowest BCUT2D eigenvalue weighted by Crippen LogP contribution is -2.38. The van der Waals surface area contributed by atoms with Crippen molar-refractivity contribution >= 4 is 29.4 Å². The molecule has 9 heteroatoms. The number of urea groups is 1. The van der Waals surface area contributed by atoms with Crippen molar-refractivity contribution in [2.24, 2.45) is 5.92 Å². The number of carbonyl (C=O) groups is 2. The third-order valence-corrected chi connectivity index (χ3v) is 9.02. The zero-order valence-corrected chi connectivity index (χ0v) is 27.2. The number of rotatable bonds is 11. The lowest BCUT2D eigenvalue weighted by atomic mass is 9.91. The summed E-state index contributed by atoms with van der Waals surface area (Å²) in [6.45, 7) is 6.53. The Morgan fingerprint density at radius 1 is 0.826 bits per heavy atom. The molecule has 1 saturated heterocycles. The van der Waals surface area contributed by atoms with Gasteiger partial charge in [0.1, 0.15) is 0 Å². The molecule has 240 valence electrons. The summed E-state index contributed by atoms with van der Waals surface area (Å²) >= 11 is 1.71. The molecule has 1 fully saturated rings. The fourth-order valence-corrected chi connectivity index (χ4v) is 6.52. The molecule has 0 spiro atoms. The van der Waals surface area contributed by atoms with Gasteiger partial charge in [-0.25, -0.2) is 4.79 Å². The molecular weight excluding hydrogens is 598 g/mol. The molecule has 0 radical (unpaired) electrons. The van der Waals surface area contributed by atoms with Gasteiger partial charge in [0.15, 0.2) is 6.29 Å². The number of benzene rings is 4. The van der Waals surface area contributed by atoms with E-state index in [0.717, 1.165) is 44.0 Å². The Morgan fingerprint density at radius 3 is 2.24 bits per heavy atom. The highest BCUT2D eigenvalue weighted by molar-refractivity contribution is 7.99. The summed E-state index contributed by atoms with van der Waals surface area (Å²) in [4.78, 5) is 24.4. The van der Waals surface area contributed by atoms with E-state index in [1.165, 1.54) is 6.92 Å². The van der Waals surface area contributed by atoms with Gasteiger partial charge in [-0.15, -0.1) is 11.8 Å². The van der Waals surface area contributed by atoms with Gasteiger partial charge in [-0.1, -0.05) is 67.6 Å². The fourth-order valence-electron chi connectivity index (χ4n) is 5.46. The molecule has 0 aliphatic carbocycles. The van der Waals surface area contributed by atoms with Gasteiger partial charge in [-0.2, -0.15) is 0 Å². The van der Waals surface area contributed by atoms with Crippen LogP contribution >= 0.6 is 11.8 Å². The number of aliphatic hydroxyl groups is 1. The van der Waals surface area contributed by atoms with E-state index in [9.17, 15) is 14.7 Å². The number of aliphatic hydroxyl groups excluding tert-OH is 1. The summed E-state index contributed by atoms with van der Waals surface area (Å²) < 4.78 is 13.4. The van der Waals surface area contributed by atoms with Crippen LogP contribution in [0.25, 0.3) is 11.1 Å². The first kappa shape index (κ1) is 33.2. The van der Waals surface area contributed by atoms with Gasteiger partial charge >= 0.3 is 6.03 Å². The number of amides is 3. The maximum atomic E-state index is 11.9. The van der Waals surface area contributed by atoms with Crippen molar-refractivity contribution in [2.45, 2.75) is 57.3 Å². The maximum Gasteiger partial charge on any atom is 0.315 e. The van der Waals surface area contributed by atoms with Crippen molar-refractivity contribution in [2.75, 3.05) is 17.6 Å². The standard InChI is InChI=1S/C37H41N3O5S/c1-4-38-37(43)39-21-27-7-5-8-29(19-27)30-9-6-10-31(20-30)36-44-34(23-46-33-17-15-32(16-18-33)40-25(3)42)24(2)35(45-36)28-13-11-26(22-41)12-14-28/h5-20,24,34-36,41H,4,21-23H2,1-3H3,(H,40,42)(H2,38,39,43). The van der Waals surface area contributed by atoms with E-state index < -0.39 is 6.29 Å². The molecule has 0 bridgehead atoms. The highest BCUT2D eigenvalue weighted by Gasteiger charge is 2.38. The summed E-state index contributed by atoms with van der Waals surface area (Å²) in [5.74, 6) is 0.672. The largest absolute Gasteiger partial charge is 0.392 e. The van der Waals surface area contributed by atoms with Crippen LogP contribution in [-0.4, -0.2) is 35.4 Å². The van der Waals surface area contributed by atoms with Crippen molar-refractivity contribution in [3.63, 3.8) is 0 Å². The minimum atomic E-state index is -0.589. The average Bonchev–Trinajstić information content (AvgIpc) is 3.08. The SMILES string of the molecule is CCNC(=O)NCc1cccc(-c2cccc(C3OC(CSc4ccc(NC(C)=O)cc4)C(C)C(c4ccc(CO)cc4)O3)c2)c1. The van der Waals surface area contributed by atoms with Crippen molar-refractivity contribution in [1.29, 1.82) is 0 Å². The first-order chi connectivity index (χ1) is 22.3. The van der Waals surface area contributed by atoms with Gasteiger partial charge in [0.2, 0.25) is 5.91 Å². The molecule has 5 rings (SSSR count). The van der Waals surface area contributed by atoms with Gasteiger partial charge in [-0.3, -0.25) is 4.79 Å². The quantitative estimate of drug-likeness (QED) is 0.129. The molecule has 4 N–H and O–H groups in total. The Bertz CT molecular complexity index is 1610. The molecule has 0 aromatic heterocycles. The fraction of sp³-hybridized carbons (Fsp3) is 0.297. The first-order valence-corrected chi connectivity index (χ1v) is 16.5. The monoisotopic (exact) mass is 639 g/mol. The van der Waals surface area contributed by atoms with Crippen LogP contribution in [-0.2, 0) is 27.4 Å². The van der Waals surface area contributed by atoms with Gasteiger partial charge < -0.3 is 30.5 Å². The van der Waals surface area contributed by atoms with E-state index in [2.05, 4.69) is 47.1 Å². The summed E-state index contributed by atoms with van der Waals surface area (Å²) in [5, 5.41) is 18.0. The van der Waals surface area contributed by atoms with E-state index in [1.807, 2.05) is 79.7 Å². The third-order valence-electron chi connectivity index (χ3n) is 7.92. The molecule has 1 aliphatic rings. The maximum absolute atomic E-state index is 11.9. The van der Waals surface area contributed by atoms with Crippen LogP contribution in [0.15, 0.2) is 102 Å². The van der Waals surface area contributed by atoms with Crippen molar-refractivity contribution < 1.29 is 24.2 Å². The normalized spacial score (nSPS) is 19.3. The number of carbonyl (C=O) groups excluding carboxylic acids is 2. The van der Waals surface area contributed by atoms with Crippen molar-refractivity contribution in [3.8, 4) is 11.1 Å². The molecule has 4 atom stereocenters. The van der Waals surface area contributed by atoms with Gasteiger partial charge in [0, 0.05) is 47.8 Å². The Kier molecular flexibility index (Phi) is 11.5. The summed E-state index contributed by atoms with van der Waals surface area (Å²) in [5.41, 5.74) is 6.64. The van der Waals surface area contributed by atoms with E-state index in [4.69, 9.17) is 9.47 Å². The lowest BCUT2D eigenvalue weighted by Gasteiger charge is -2.41. The van der Waals surface area contributed by atoms with Crippen molar-refractivity contribution in [3.05, 3.63) is 119 Å². The van der Waals surface area contributed by atoms with E-state index in [-0.39, 0.29) is 36.7 Å². The first-order valence-electron chi connectivity index (χ1n) is 15.5. The van der Waals surface area contributed by atoms with Gasteiger partial charge in [0.25, 0.3) is 0 Å². The second-order valence-corrected chi connectivity index (χ2v) is 12.5. The molecule has 1 aliphatic heterocycles. The van der Waals surface area contributed by atoms with Crippen LogP contribution in [0.3, 0.4) is 0 Å². The number of anilines is 1. The zero-order chi connectivity index (χ0) is 32.5. The molecular formula is C37H41N3O5S. The zero-order valence-electron chi connectivity index (χ0n) is 26.4. The highest BCUT2D eigenvalue weighted by Crippen LogP contribution is 2.43. The average molecular weight is 640 g/mol. The molecule has 46 heavy (non-hydrogen) atoms. The Balaban J connectivity index is 1.37. The number of hydrogen-bond acceptors (Lipinski definition) is 6. The Hall–Kier alpha value is -4.15. The molecule has 0 saturated carbocycles.